The van der Waals surface area contributed by atoms with Gasteiger partial charge in [0.25, 0.3) is 0 Å². The number of furan rings is 1. The van der Waals surface area contributed by atoms with Crippen molar-refractivity contribution in [3.8, 4) is 0 Å². The van der Waals surface area contributed by atoms with Crippen LogP contribution in [0.15, 0.2) is 34.7 Å². The second-order valence-corrected chi connectivity index (χ2v) is 5.35. The summed E-state index contributed by atoms with van der Waals surface area (Å²) in [5.74, 6) is -0.399. The minimum absolute atomic E-state index is 0.0769. The molecule has 2 aromatic rings. The number of fused-ring (bicyclic) bond motifs is 1. The Hall–Kier alpha value is -1.95. The fourth-order valence-electron chi connectivity index (χ4n) is 1.80. The van der Waals surface area contributed by atoms with Crippen LogP contribution in [-0.4, -0.2) is 28.5 Å². The first kappa shape index (κ1) is 14.5. The summed E-state index contributed by atoms with van der Waals surface area (Å²) < 4.78 is 5.66. The van der Waals surface area contributed by atoms with E-state index in [9.17, 15) is 9.59 Å². The van der Waals surface area contributed by atoms with E-state index in [1.807, 2.05) is 37.3 Å². The third-order valence-electron chi connectivity index (χ3n) is 2.71. The molecule has 0 bridgehead atoms. The molecule has 2 N–H and O–H groups in total. The lowest BCUT2D eigenvalue weighted by molar-refractivity contribution is -0.133. The van der Waals surface area contributed by atoms with E-state index in [0.29, 0.717) is 5.76 Å². The molecule has 0 saturated heterocycles. The third-order valence-corrected chi connectivity index (χ3v) is 3.62. The van der Waals surface area contributed by atoms with Gasteiger partial charge in [0.2, 0.25) is 5.91 Å². The van der Waals surface area contributed by atoms with Gasteiger partial charge in [0.15, 0.2) is 0 Å². The predicted octanol–water partition coefficient (Wildman–Crippen LogP) is 2.43. The highest BCUT2D eigenvalue weighted by Crippen LogP contribution is 2.23. The van der Waals surface area contributed by atoms with Gasteiger partial charge in [-0.05, 0) is 19.1 Å². The average molecular weight is 293 g/mol. The summed E-state index contributed by atoms with van der Waals surface area (Å²) in [6.07, 6.45) is 0. The number of aliphatic carboxylic acids is 1. The summed E-state index contributed by atoms with van der Waals surface area (Å²) in [6, 6.07) is 9.27. The molecule has 0 radical (unpaired) electrons. The predicted molar refractivity (Wildman–Crippen MR) is 77.7 cm³/mol. The number of hydrogen-bond acceptors (Lipinski definition) is 4. The summed E-state index contributed by atoms with van der Waals surface area (Å²) in [4.78, 5) is 22.0. The van der Waals surface area contributed by atoms with Crippen molar-refractivity contribution in [2.24, 2.45) is 0 Å². The van der Waals surface area contributed by atoms with E-state index in [4.69, 9.17) is 9.52 Å². The smallest absolute Gasteiger partial charge is 0.313 e. The zero-order valence-corrected chi connectivity index (χ0v) is 11.8. The molecule has 6 heteroatoms. The minimum atomic E-state index is -0.923. The van der Waals surface area contributed by atoms with Crippen LogP contribution in [0.5, 0.6) is 0 Å². The Kier molecular flexibility index (Phi) is 4.68. The quantitative estimate of drug-likeness (QED) is 0.855. The van der Waals surface area contributed by atoms with Gasteiger partial charge >= 0.3 is 5.97 Å². The number of para-hydroxylation sites is 1. The lowest BCUT2D eigenvalue weighted by Crippen LogP contribution is -2.28. The van der Waals surface area contributed by atoms with Gasteiger partial charge in [-0.2, -0.15) is 0 Å². The summed E-state index contributed by atoms with van der Waals surface area (Å²) in [5.41, 5.74) is 0.781. The van der Waals surface area contributed by atoms with Crippen LogP contribution in [0.1, 0.15) is 18.7 Å². The third kappa shape index (κ3) is 3.77. The van der Waals surface area contributed by atoms with E-state index >= 15 is 0 Å². The Morgan fingerprint density at radius 3 is 2.80 bits per heavy atom. The van der Waals surface area contributed by atoms with Gasteiger partial charge in [0.1, 0.15) is 11.3 Å². The molecule has 0 saturated carbocycles. The minimum Gasteiger partial charge on any atom is -0.481 e. The highest BCUT2D eigenvalue weighted by molar-refractivity contribution is 8.00. The van der Waals surface area contributed by atoms with E-state index in [1.54, 1.807) is 0 Å². The van der Waals surface area contributed by atoms with Crippen LogP contribution >= 0.6 is 11.8 Å². The van der Waals surface area contributed by atoms with E-state index in [1.165, 1.54) is 0 Å². The van der Waals surface area contributed by atoms with E-state index < -0.39 is 5.97 Å². The molecule has 1 heterocycles. The van der Waals surface area contributed by atoms with Gasteiger partial charge in [0.05, 0.1) is 17.5 Å². The first-order chi connectivity index (χ1) is 9.56. The zero-order valence-electron chi connectivity index (χ0n) is 11.0. The number of amides is 1. The average Bonchev–Trinajstić information content (AvgIpc) is 2.82. The van der Waals surface area contributed by atoms with Crippen LogP contribution in [0.25, 0.3) is 11.0 Å². The van der Waals surface area contributed by atoms with Crippen LogP contribution in [0, 0.1) is 0 Å². The lowest BCUT2D eigenvalue weighted by atomic mass is 10.2. The van der Waals surface area contributed by atoms with E-state index in [-0.39, 0.29) is 23.5 Å². The number of rotatable bonds is 6. The fraction of sp³-hybridized carbons (Fsp3) is 0.286. The molecule has 1 amide bonds. The topological polar surface area (TPSA) is 79.5 Å². The van der Waals surface area contributed by atoms with Crippen LogP contribution in [0.3, 0.4) is 0 Å². The molecule has 0 aliphatic rings. The molecule has 2 rings (SSSR count). The van der Waals surface area contributed by atoms with E-state index in [2.05, 4.69) is 5.32 Å². The maximum Gasteiger partial charge on any atom is 0.313 e. The number of carbonyl (C=O) groups excluding carboxylic acids is 1. The Morgan fingerprint density at radius 2 is 2.10 bits per heavy atom. The molecule has 1 aromatic heterocycles. The maximum absolute atomic E-state index is 11.7. The summed E-state index contributed by atoms with van der Waals surface area (Å²) in [7, 11) is 0. The number of carboxylic acid groups (broad SMARTS) is 1. The lowest BCUT2D eigenvalue weighted by Gasteiger charge is -2.10. The molecule has 1 aromatic carbocycles. The number of carbonyl (C=O) groups is 2. The molecule has 106 valence electrons. The van der Waals surface area contributed by atoms with Gasteiger partial charge in [-0.15, -0.1) is 11.8 Å². The molecule has 0 aliphatic heterocycles. The first-order valence-corrected chi connectivity index (χ1v) is 7.29. The van der Waals surface area contributed by atoms with Crippen LogP contribution < -0.4 is 5.32 Å². The van der Waals surface area contributed by atoms with Crippen molar-refractivity contribution >= 4 is 34.6 Å². The van der Waals surface area contributed by atoms with Crippen molar-refractivity contribution in [2.45, 2.75) is 13.0 Å². The van der Waals surface area contributed by atoms with Gasteiger partial charge in [-0.3, -0.25) is 9.59 Å². The Bertz CT molecular complexity index is 589. The summed E-state index contributed by atoms with van der Waals surface area (Å²) in [5, 5.41) is 12.3. The number of carboxylic acids is 1. The molecule has 0 fully saturated rings. The van der Waals surface area contributed by atoms with Crippen molar-refractivity contribution < 1.29 is 19.1 Å². The molecule has 1 atom stereocenters. The van der Waals surface area contributed by atoms with Crippen LogP contribution in [-0.2, 0) is 9.59 Å². The molecule has 20 heavy (non-hydrogen) atoms. The summed E-state index contributed by atoms with van der Waals surface area (Å²) in [6.45, 7) is 1.83. The number of hydrogen-bond donors (Lipinski definition) is 2. The van der Waals surface area contributed by atoms with Gasteiger partial charge in [-0.1, -0.05) is 18.2 Å². The normalized spacial score (nSPS) is 12.2. The maximum atomic E-state index is 11.7. The van der Waals surface area contributed by atoms with Crippen LogP contribution in [0.2, 0.25) is 0 Å². The van der Waals surface area contributed by atoms with Crippen molar-refractivity contribution in [1.82, 2.24) is 5.32 Å². The van der Waals surface area contributed by atoms with Crippen molar-refractivity contribution in [1.29, 1.82) is 0 Å². The fourth-order valence-corrected chi connectivity index (χ4v) is 2.35. The highest BCUT2D eigenvalue weighted by atomic mass is 32.2. The van der Waals surface area contributed by atoms with Crippen molar-refractivity contribution in [3.05, 3.63) is 36.1 Å². The van der Waals surface area contributed by atoms with Gasteiger partial charge < -0.3 is 14.8 Å². The number of thioether (sulfide) groups is 1. The molecule has 0 spiro atoms. The first-order valence-electron chi connectivity index (χ1n) is 6.13. The SMILES string of the molecule is CC(NC(=O)CSCC(=O)O)c1cc2ccccc2o1. The molecule has 5 nitrogen and oxygen atoms in total. The molecular weight excluding hydrogens is 278 g/mol. The Balaban J connectivity index is 1.92. The van der Waals surface area contributed by atoms with Gasteiger partial charge in [-0.25, -0.2) is 0 Å². The second kappa shape index (κ2) is 6.47. The van der Waals surface area contributed by atoms with Crippen molar-refractivity contribution in [2.75, 3.05) is 11.5 Å². The van der Waals surface area contributed by atoms with E-state index in [0.717, 1.165) is 22.7 Å². The highest BCUT2D eigenvalue weighted by Gasteiger charge is 2.14. The second-order valence-electron chi connectivity index (χ2n) is 4.36. The Morgan fingerprint density at radius 1 is 1.35 bits per heavy atom. The molecular formula is C14H15NO4S. The molecule has 0 aliphatic carbocycles. The van der Waals surface area contributed by atoms with Crippen LogP contribution in [0.4, 0.5) is 0 Å². The molecule has 1 unspecified atom stereocenters. The zero-order chi connectivity index (χ0) is 14.5. The monoisotopic (exact) mass is 293 g/mol. The number of benzene rings is 1. The largest absolute Gasteiger partial charge is 0.481 e. The number of nitrogens with one attached hydrogen (secondary N) is 1. The summed E-state index contributed by atoms with van der Waals surface area (Å²) >= 11 is 1.07. The standard InChI is InChI=1S/C14H15NO4S/c1-9(15-13(16)7-20-8-14(17)18)12-6-10-4-2-3-5-11(10)19-12/h2-6,9H,7-8H2,1H3,(H,15,16)(H,17,18). The van der Waals surface area contributed by atoms with Gasteiger partial charge in [0, 0.05) is 5.39 Å². The van der Waals surface area contributed by atoms with Crippen molar-refractivity contribution in [3.63, 3.8) is 0 Å². The Labute approximate surface area is 120 Å².